The van der Waals surface area contributed by atoms with Gasteiger partial charge in [0.05, 0.1) is 12.3 Å². The van der Waals surface area contributed by atoms with Crippen molar-refractivity contribution in [3.05, 3.63) is 65.8 Å². The summed E-state index contributed by atoms with van der Waals surface area (Å²) in [5.41, 5.74) is 2.11. The average Bonchev–Trinajstić information content (AvgIpc) is 3.38. The zero-order chi connectivity index (χ0) is 20.4. The second-order valence-corrected chi connectivity index (χ2v) is 6.59. The fourth-order valence-corrected chi connectivity index (χ4v) is 3.08. The molecule has 2 heterocycles. The van der Waals surface area contributed by atoms with E-state index in [1.807, 2.05) is 30.3 Å². The van der Waals surface area contributed by atoms with Crippen molar-refractivity contribution in [3.8, 4) is 11.4 Å². The lowest BCUT2D eigenvalue weighted by Gasteiger charge is -2.20. The summed E-state index contributed by atoms with van der Waals surface area (Å²) in [6.07, 6.45) is 0.262. The Labute approximate surface area is 166 Å². The molecule has 0 unspecified atom stereocenters. The Morgan fingerprint density at radius 2 is 2.07 bits per heavy atom. The van der Waals surface area contributed by atoms with Crippen LogP contribution in [-0.2, 0) is 9.53 Å². The molecule has 3 aromatic rings. The topological polar surface area (TPSA) is 80.8 Å². The van der Waals surface area contributed by atoms with E-state index in [4.69, 9.17) is 9.26 Å². The highest BCUT2D eigenvalue weighted by atomic mass is 19.1. The molecule has 1 aromatic heterocycles. The number of carbonyl (C=O) groups excluding carboxylic acids is 1. The lowest BCUT2D eigenvalue weighted by atomic mass is 10.1. The van der Waals surface area contributed by atoms with Crippen LogP contribution in [0.1, 0.15) is 30.8 Å². The van der Waals surface area contributed by atoms with E-state index >= 15 is 0 Å². The number of hydrogen-bond acceptors (Lipinski definition) is 7. The molecule has 0 saturated heterocycles. The highest BCUT2D eigenvalue weighted by Crippen LogP contribution is 2.35. The summed E-state index contributed by atoms with van der Waals surface area (Å²) in [5, 5.41) is 10.1. The average molecular weight is 394 g/mol. The minimum atomic E-state index is -0.476. The third-order valence-corrected chi connectivity index (χ3v) is 4.60. The van der Waals surface area contributed by atoms with Gasteiger partial charge in [0.2, 0.25) is 5.82 Å². The van der Waals surface area contributed by atoms with Gasteiger partial charge in [-0.05, 0) is 37.6 Å². The van der Waals surface area contributed by atoms with Crippen LogP contribution in [0.15, 0.2) is 58.2 Å². The second-order valence-electron chi connectivity index (χ2n) is 6.59. The third-order valence-electron chi connectivity index (χ3n) is 4.60. The van der Waals surface area contributed by atoms with Crippen molar-refractivity contribution >= 4 is 17.4 Å². The molecule has 0 bridgehead atoms. The van der Waals surface area contributed by atoms with Gasteiger partial charge in [-0.3, -0.25) is 5.01 Å². The minimum Gasteiger partial charge on any atom is -0.461 e. The van der Waals surface area contributed by atoms with Crippen molar-refractivity contribution in [2.24, 2.45) is 5.10 Å². The molecule has 0 amide bonds. The van der Waals surface area contributed by atoms with Crippen LogP contribution in [0, 0.1) is 12.7 Å². The van der Waals surface area contributed by atoms with Gasteiger partial charge in [0.1, 0.15) is 17.6 Å². The van der Waals surface area contributed by atoms with Gasteiger partial charge in [0.25, 0.3) is 5.89 Å². The van der Waals surface area contributed by atoms with Gasteiger partial charge in [-0.1, -0.05) is 35.5 Å². The first kappa shape index (κ1) is 18.8. The summed E-state index contributed by atoms with van der Waals surface area (Å²) in [5.74, 6) is -0.255. The first-order valence-electron chi connectivity index (χ1n) is 9.26. The molecule has 0 spiro atoms. The summed E-state index contributed by atoms with van der Waals surface area (Å²) in [6.45, 7) is 3.69. The van der Waals surface area contributed by atoms with E-state index in [0.717, 1.165) is 5.69 Å². The predicted molar refractivity (Wildman–Crippen MR) is 105 cm³/mol. The van der Waals surface area contributed by atoms with Crippen LogP contribution < -0.4 is 5.01 Å². The van der Waals surface area contributed by atoms with Crippen molar-refractivity contribution in [1.29, 1.82) is 0 Å². The molecule has 1 aliphatic heterocycles. The lowest BCUT2D eigenvalue weighted by Crippen LogP contribution is -2.19. The van der Waals surface area contributed by atoms with Crippen LogP contribution >= 0.6 is 0 Å². The molecule has 29 heavy (non-hydrogen) atoms. The van der Waals surface area contributed by atoms with Crippen LogP contribution in [0.5, 0.6) is 0 Å². The Balaban J connectivity index is 1.67. The number of esters is 1. The maximum Gasteiger partial charge on any atom is 0.354 e. The molecule has 0 radical (unpaired) electrons. The first-order valence-corrected chi connectivity index (χ1v) is 9.26. The normalized spacial score (nSPS) is 16.0. The molecule has 0 fully saturated rings. The van der Waals surface area contributed by atoms with E-state index in [2.05, 4.69) is 15.2 Å². The maximum atomic E-state index is 13.9. The number of carbonyl (C=O) groups is 1. The van der Waals surface area contributed by atoms with E-state index in [0.29, 0.717) is 11.1 Å². The molecule has 7 nitrogen and oxygen atoms in total. The van der Waals surface area contributed by atoms with Gasteiger partial charge < -0.3 is 9.26 Å². The van der Waals surface area contributed by atoms with E-state index < -0.39 is 12.0 Å². The zero-order valence-electron chi connectivity index (χ0n) is 16.0. The smallest absolute Gasteiger partial charge is 0.354 e. The largest absolute Gasteiger partial charge is 0.461 e. The molecular weight excluding hydrogens is 375 g/mol. The molecule has 1 aliphatic rings. The van der Waals surface area contributed by atoms with Crippen molar-refractivity contribution in [3.63, 3.8) is 0 Å². The number of benzene rings is 2. The number of halogens is 1. The Hall–Kier alpha value is -3.55. The number of ether oxygens (including phenoxy) is 1. The Morgan fingerprint density at radius 3 is 2.79 bits per heavy atom. The van der Waals surface area contributed by atoms with Crippen molar-refractivity contribution < 1.29 is 18.4 Å². The van der Waals surface area contributed by atoms with Gasteiger partial charge >= 0.3 is 5.97 Å². The molecular formula is C21H19FN4O3. The maximum absolute atomic E-state index is 13.9. The van der Waals surface area contributed by atoms with Crippen LogP contribution in [0.3, 0.4) is 0 Å². The number of anilines is 1. The van der Waals surface area contributed by atoms with E-state index in [1.165, 1.54) is 6.07 Å². The molecule has 0 saturated carbocycles. The summed E-state index contributed by atoms with van der Waals surface area (Å²) < 4.78 is 24.5. The van der Waals surface area contributed by atoms with Gasteiger partial charge in [-0.15, -0.1) is 0 Å². The van der Waals surface area contributed by atoms with E-state index in [1.54, 1.807) is 31.0 Å². The van der Waals surface area contributed by atoms with Crippen molar-refractivity contribution in [2.45, 2.75) is 26.3 Å². The van der Waals surface area contributed by atoms with Crippen LogP contribution in [-0.4, -0.2) is 28.4 Å². The van der Waals surface area contributed by atoms with Crippen LogP contribution in [0.2, 0.25) is 0 Å². The summed E-state index contributed by atoms with van der Waals surface area (Å²) in [7, 11) is 0. The quantitative estimate of drug-likeness (QED) is 0.607. The number of rotatable bonds is 5. The summed E-state index contributed by atoms with van der Waals surface area (Å²) in [4.78, 5) is 16.6. The number of aromatic nitrogens is 2. The number of para-hydroxylation sites is 1. The number of hydrazone groups is 1. The molecule has 2 aromatic carbocycles. The predicted octanol–water partition coefficient (Wildman–Crippen LogP) is 4.05. The first-order chi connectivity index (χ1) is 14.1. The molecule has 4 rings (SSSR count). The Morgan fingerprint density at radius 1 is 1.28 bits per heavy atom. The molecule has 1 atom stereocenters. The summed E-state index contributed by atoms with van der Waals surface area (Å²) >= 11 is 0. The zero-order valence-corrected chi connectivity index (χ0v) is 16.0. The van der Waals surface area contributed by atoms with E-state index in [-0.39, 0.29) is 36.3 Å². The fourth-order valence-electron chi connectivity index (χ4n) is 3.08. The molecule has 148 valence electrons. The van der Waals surface area contributed by atoms with Gasteiger partial charge in [0, 0.05) is 12.0 Å². The molecule has 0 N–H and O–H groups in total. The van der Waals surface area contributed by atoms with Crippen molar-refractivity contribution in [1.82, 2.24) is 10.1 Å². The Bertz CT molecular complexity index is 1060. The number of hydrogen-bond donors (Lipinski definition) is 0. The standard InChI is InChI=1S/C21H19FN4O3/c1-3-28-21(27)17-12-18(26(24-17)15-7-5-4-6-8-15)20-23-19(25-29-20)14-10-9-13(2)16(22)11-14/h4-11,18H,3,12H2,1-2H3/t18-/m1/s1. The summed E-state index contributed by atoms with van der Waals surface area (Å²) in [6, 6.07) is 13.7. The second kappa shape index (κ2) is 7.83. The van der Waals surface area contributed by atoms with E-state index in [9.17, 15) is 9.18 Å². The highest BCUT2D eigenvalue weighted by molar-refractivity contribution is 6.37. The van der Waals surface area contributed by atoms with Crippen molar-refractivity contribution in [2.75, 3.05) is 11.6 Å². The Kier molecular flexibility index (Phi) is 5.07. The van der Waals surface area contributed by atoms with Gasteiger partial charge in [-0.2, -0.15) is 10.1 Å². The number of nitrogens with zero attached hydrogens (tertiary/aromatic N) is 4. The SMILES string of the molecule is CCOC(=O)C1=NN(c2ccccc2)[C@@H](c2nc(-c3ccc(C)c(F)c3)no2)C1. The lowest BCUT2D eigenvalue weighted by molar-refractivity contribution is -0.135. The van der Waals surface area contributed by atoms with Gasteiger partial charge in [-0.25, -0.2) is 9.18 Å². The third kappa shape index (κ3) is 3.73. The molecule has 0 aliphatic carbocycles. The van der Waals surface area contributed by atoms with Crippen LogP contribution in [0.4, 0.5) is 10.1 Å². The monoisotopic (exact) mass is 394 g/mol. The molecule has 8 heteroatoms. The fraction of sp³-hybridized carbons (Fsp3) is 0.238. The number of aryl methyl sites for hydroxylation is 1. The van der Waals surface area contributed by atoms with Crippen LogP contribution in [0.25, 0.3) is 11.4 Å². The highest BCUT2D eigenvalue weighted by Gasteiger charge is 2.37. The van der Waals surface area contributed by atoms with Gasteiger partial charge in [0.15, 0.2) is 0 Å². The minimum absolute atomic E-state index is 0.261.